The van der Waals surface area contributed by atoms with Gasteiger partial charge in [-0.05, 0) is 11.8 Å². The Morgan fingerprint density at radius 3 is 2.38 bits per heavy atom. The van der Waals surface area contributed by atoms with Crippen molar-refractivity contribution in [3.8, 4) is 0 Å². The van der Waals surface area contributed by atoms with Crippen molar-refractivity contribution in [2.75, 3.05) is 5.75 Å². The molecule has 0 heterocycles. The highest BCUT2D eigenvalue weighted by Crippen LogP contribution is 1.83. The summed E-state index contributed by atoms with van der Waals surface area (Å²) in [7, 11) is -3.27. The van der Waals surface area contributed by atoms with Gasteiger partial charge in [0, 0.05) is 0 Å². The summed E-state index contributed by atoms with van der Waals surface area (Å²) in [6, 6.07) is 0. The van der Waals surface area contributed by atoms with Gasteiger partial charge in [0.25, 0.3) is 0 Å². The molecule has 5 heteroatoms. The van der Waals surface area contributed by atoms with Crippen LogP contribution in [0.25, 0.3) is 0 Å². The number of nitrogens with one attached hydrogen (secondary N) is 1. The highest BCUT2D eigenvalue weighted by Gasteiger charge is 2.01. The Morgan fingerprint density at radius 1 is 1.75 bits per heavy atom. The van der Waals surface area contributed by atoms with E-state index in [9.17, 15) is 8.42 Å². The van der Waals surface area contributed by atoms with Crippen molar-refractivity contribution in [1.29, 1.82) is 0 Å². The van der Waals surface area contributed by atoms with E-state index in [4.69, 9.17) is 11.8 Å². The zero-order valence-corrected chi connectivity index (χ0v) is 5.67. The molecule has 0 aliphatic rings. The van der Waals surface area contributed by atoms with Crippen molar-refractivity contribution < 1.29 is 8.42 Å². The van der Waals surface area contributed by atoms with E-state index in [2.05, 4.69) is 6.58 Å². The van der Waals surface area contributed by atoms with Gasteiger partial charge in [-0.1, -0.05) is 6.08 Å². The zero-order chi connectivity index (χ0) is 6.62. The molecule has 0 rings (SSSR count). The fourth-order valence-electron chi connectivity index (χ4n) is 0.187. The van der Waals surface area contributed by atoms with Crippen molar-refractivity contribution in [2.45, 2.75) is 0 Å². The largest absolute Gasteiger partial charge is 0.228 e. The first-order valence-corrected chi connectivity index (χ1v) is 3.86. The number of sulfonamides is 1. The monoisotopic (exact) mass is 155 g/mol. The van der Waals surface area contributed by atoms with E-state index >= 15 is 0 Å². The maximum absolute atomic E-state index is 10.3. The summed E-state index contributed by atoms with van der Waals surface area (Å²) in [5.41, 5.74) is 0. The minimum absolute atomic E-state index is 0.142. The lowest BCUT2D eigenvalue weighted by atomic mass is 10.8. The topological polar surface area (TPSA) is 46.2 Å². The first-order valence-electron chi connectivity index (χ1n) is 1.83. The van der Waals surface area contributed by atoms with Crippen LogP contribution in [0.5, 0.6) is 0 Å². The molecule has 0 radical (unpaired) electrons. The molecule has 8 heavy (non-hydrogen) atoms. The van der Waals surface area contributed by atoms with E-state index in [-0.39, 0.29) is 5.75 Å². The molecule has 0 aromatic heterocycles. The van der Waals surface area contributed by atoms with Gasteiger partial charge >= 0.3 is 0 Å². The molecular weight excluding hydrogens is 150 g/mol. The van der Waals surface area contributed by atoms with Crippen molar-refractivity contribution in [3.63, 3.8) is 0 Å². The van der Waals surface area contributed by atoms with Crippen LogP contribution in [0.15, 0.2) is 12.7 Å². The van der Waals surface area contributed by atoms with E-state index in [1.54, 1.807) is 4.24 Å². The molecule has 0 aromatic rings. The molecular formula is C3H6ClNO2S. The van der Waals surface area contributed by atoms with Gasteiger partial charge < -0.3 is 0 Å². The second kappa shape index (κ2) is 3.06. The normalized spacial score (nSPS) is 11.1. The predicted octanol–water partition coefficient (Wildman–Crippen LogP) is 0.246. The fraction of sp³-hybridized carbons (Fsp3) is 0.333. The number of hydrogen-bond acceptors (Lipinski definition) is 2. The van der Waals surface area contributed by atoms with E-state index in [1.165, 1.54) is 6.08 Å². The molecule has 0 aliphatic heterocycles. The highest BCUT2D eigenvalue weighted by molar-refractivity contribution is 7.90. The summed E-state index contributed by atoms with van der Waals surface area (Å²) in [6.45, 7) is 3.22. The average Bonchev–Trinajstić information content (AvgIpc) is 1.67. The van der Waals surface area contributed by atoms with Gasteiger partial charge in [0.1, 0.15) is 0 Å². The summed E-state index contributed by atoms with van der Waals surface area (Å²) in [4.78, 5) is 0. The standard InChI is InChI=1S/C3H6ClNO2S/c1-2-3-8(6,7)5-4/h2,5H,1,3H2. The van der Waals surface area contributed by atoms with Crippen LogP contribution in [0.2, 0.25) is 0 Å². The van der Waals surface area contributed by atoms with Gasteiger partial charge in [0.15, 0.2) is 0 Å². The number of hydrogen-bond donors (Lipinski definition) is 1. The van der Waals surface area contributed by atoms with Crippen LogP contribution in [0.1, 0.15) is 0 Å². The molecule has 0 bridgehead atoms. The Labute approximate surface area is 53.5 Å². The quantitative estimate of drug-likeness (QED) is 0.469. The van der Waals surface area contributed by atoms with Crippen LogP contribution in [0.4, 0.5) is 0 Å². The summed E-state index contributed by atoms with van der Waals surface area (Å²) >= 11 is 4.79. The summed E-state index contributed by atoms with van der Waals surface area (Å²) < 4.78 is 22.2. The van der Waals surface area contributed by atoms with Crippen LogP contribution in [-0.4, -0.2) is 14.2 Å². The van der Waals surface area contributed by atoms with Gasteiger partial charge in [-0.15, -0.1) is 10.8 Å². The first kappa shape index (κ1) is 7.94. The molecule has 0 saturated heterocycles. The Balaban J connectivity index is 3.94. The van der Waals surface area contributed by atoms with Crippen molar-refractivity contribution >= 4 is 21.8 Å². The average molecular weight is 156 g/mol. The predicted molar refractivity (Wildman–Crippen MR) is 33.0 cm³/mol. The Bertz CT molecular complexity index is 162. The second-order valence-corrected chi connectivity index (χ2v) is 3.33. The van der Waals surface area contributed by atoms with E-state index in [1.807, 2.05) is 0 Å². The summed E-state index contributed by atoms with van der Waals surface area (Å²) in [6.07, 6.45) is 1.25. The second-order valence-electron chi connectivity index (χ2n) is 1.15. The molecule has 1 N–H and O–H groups in total. The van der Waals surface area contributed by atoms with Gasteiger partial charge in [-0.25, -0.2) is 8.42 Å². The van der Waals surface area contributed by atoms with Gasteiger partial charge in [0.2, 0.25) is 10.0 Å². The molecule has 0 amide bonds. The fourth-order valence-corrected chi connectivity index (χ4v) is 0.749. The minimum atomic E-state index is -3.27. The molecule has 0 fully saturated rings. The first-order chi connectivity index (χ1) is 3.62. The Hall–Kier alpha value is -0.0600. The molecule has 0 spiro atoms. The third-order valence-corrected chi connectivity index (χ3v) is 2.07. The molecule has 3 nitrogen and oxygen atoms in total. The molecule has 0 aliphatic carbocycles. The Kier molecular flexibility index (Phi) is 3.04. The van der Waals surface area contributed by atoms with Gasteiger partial charge in [-0.2, -0.15) is 0 Å². The van der Waals surface area contributed by atoms with E-state index in [0.29, 0.717) is 0 Å². The molecule has 0 atom stereocenters. The van der Waals surface area contributed by atoms with Gasteiger partial charge in [-0.3, -0.25) is 0 Å². The van der Waals surface area contributed by atoms with Crippen LogP contribution in [0, 0.1) is 0 Å². The van der Waals surface area contributed by atoms with Crippen LogP contribution < -0.4 is 4.24 Å². The maximum atomic E-state index is 10.3. The lowest BCUT2D eigenvalue weighted by molar-refractivity contribution is 0.597. The number of rotatable bonds is 3. The number of halogens is 1. The summed E-state index contributed by atoms with van der Waals surface area (Å²) in [5.74, 6) is -0.142. The minimum Gasteiger partial charge on any atom is -0.211 e. The van der Waals surface area contributed by atoms with Crippen LogP contribution in [-0.2, 0) is 10.0 Å². The lowest BCUT2D eigenvalue weighted by Gasteiger charge is -1.90. The lowest BCUT2D eigenvalue weighted by Crippen LogP contribution is -2.15. The maximum Gasteiger partial charge on any atom is 0.228 e. The van der Waals surface area contributed by atoms with Crippen LogP contribution >= 0.6 is 11.8 Å². The van der Waals surface area contributed by atoms with Crippen molar-refractivity contribution in [1.82, 2.24) is 4.24 Å². The molecule has 0 unspecified atom stereocenters. The van der Waals surface area contributed by atoms with Crippen LogP contribution in [0.3, 0.4) is 0 Å². The van der Waals surface area contributed by atoms with Gasteiger partial charge in [0.05, 0.1) is 5.75 Å². The SMILES string of the molecule is C=CCS(=O)(=O)NCl. The molecule has 48 valence electrons. The molecule has 0 saturated carbocycles. The third kappa shape index (κ3) is 3.01. The molecule has 0 aromatic carbocycles. The summed E-state index contributed by atoms with van der Waals surface area (Å²) in [5, 5.41) is 0. The third-order valence-electron chi connectivity index (χ3n) is 0.455. The van der Waals surface area contributed by atoms with E-state index < -0.39 is 10.0 Å². The van der Waals surface area contributed by atoms with Crippen molar-refractivity contribution in [2.24, 2.45) is 0 Å². The Morgan fingerprint density at radius 2 is 2.25 bits per heavy atom. The zero-order valence-electron chi connectivity index (χ0n) is 4.09. The smallest absolute Gasteiger partial charge is 0.211 e. The van der Waals surface area contributed by atoms with E-state index in [0.717, 1.165) is 0 Å². The van der Waals surface area contributed by atoms with Crippen molar-refractivity contribution in [3.05, 3.63) is 12.7 Å². The highest BCUT2D eigenvalue weighted by atomic mass is 35.5.